The predicted molar refractivity (Wildman–Crippen MR) is 137 cm³/mol. The number of aromatic nitrogens is 4. The topological polar surface area (TPSA) is 91.2 Å². The minimum atomic E-state index is -0.248. The van der Waals surface area contributed by atoms with Crippen molar-refractivity contribution in [2.75, 3.05) is 55.8 Å². The highest BCUT2D eigenvalue weighted by atomic mass is 16.1. The second-order valence-electron chi connectivity index (χ2n) is 8.55. The van der Waals surface area contributed by atoms with Crippen molar-refractivity contribution in [3.63, 3.8) is 0 Å². The van der Waals surface area contributed by atoms with Crippen LogP contribution < -0.4 is 21.1 Å². The van der Waals surface area contributed by atoms with Gasteiger partial charge in [-0.1, -0.05) is 0 Å². The minimum absolute atomic E-state index is 0.248. The Hall–Kier alpha value is -3.98. The average Bonchev–Trinajstić information content (AvgIpc) is 2.85. The van der Waals surface area contributed by atoms with Gasteiger partial charge < -0.3 is 20.4 Å². The Morgan fingerprint density at radius 3 is 2.35 bits per heavy atom. The average molecular weight is 457 g/mol. The predicted octanol–water partition coefficient (Wildman–Crippen LogP) is 3.02. The molecular formula is C25H28N8O. The summed E-state index contributed by atoms with van der Waals surface area (Å²) in [4.78, 5) is 30.8. The molecule has 3 heterocycles. The minimum Gasteiger partial charge on any atom is -0.388 e. The van der Waals surface area contributed by atoms with E-state index < -0.39 is 0 Å². The molecule has 1 saturated heterocycles. The van der Waals surface area contributed by atoms with Crippen LogP contribution in [0.25, 0.3) is 16.9 Å². The zero-order valence-corrected chi connectivity index (χ0v) is 19.6. The molecule has 0 unspecified atom stereocenters. The lowest BCUT2D eigenvalue weighted by atomic mass is 10.1. The lowest BCUT2D eigenvalue weighted by Crippen LogP contribution is -2.44. The van der Waals surface area contributed by atoms with Crippen molar-refractivity contribution in [2.24, 2.45) is 0 Å². The fourth-order valence-corrected chi connectivity index (χ4v) is 4.26. The number of likely N-dealkylation sites (N-methyl/N-ethyl adjacent to an activating group) is 1. The van der Waals surface area contributed by atoms with Crippen LogP contribution in [0.4, 0.5) is 23.0 Å². The standard InChI is InChI=1S/C25H28N8O/c1-17-14-19(6-9-22(17)32-12-10-31(3)11-13-32)29-25-28-15-21-24(30-25)33(23(34)16-27-21)20-7-4-18(26-2)5-8-20/h4-9,14-16,26H,10-13H2,1-3H3,(H,28,29,30). The Balaban J connectivity index is 1.45. The van der Waals surface area contributed by atoms with Gasteiger partial charge in [0, 0.05) is 50.3 Å². The van der Waals surface area contributed by atoms with Gasteiger partial charge in [-0.2, -0.15) is 4.98 Å². The number of nitrogens with zero attached hydrogens (tertiary/aromatic N) is 6. The maximum absolute atomic E-state index is 12.7. The lowest BCUT2D eigenvalue weighted by Gasteiger charge is -2.35. The van der Waals surface area contributed by atoms with Crippen LogP contribution in [0.1, 0.15) is 5.56 Å². The Labute approximate surface area is 198 Å². The van der Waals surface area contributed by atoms with Gasteiger partial charge in [-0.25, -0.2) is 9.97 Å². The van der Waals surface area contributed by atoms with Crippen molar-refractivity contribution in [3.05, 3.63) is 70.8 Å². The molecule has 0 aliphatic carbocycles. The van der Waals surface area contributed by atoms with E-state index >= 15 is 0 Å². The van der Waals surface area contributed by atoms with Crippen LogP contribution in [0.15, 0.2) is 59.7 Å². The van der Waals surface area contributed by atoms with Crippen molar-refractivity contribution in [2.45, 2.75) is 6.92 Å². The van der Waals surface area contributed by atoms with Crippen LogP contribution in [0.2, 0.25) is 0 Å². The summed E-state index contributed by atoms with van der Waals surface area (Å²) in [5.41, 5.74) is 5.76. The van der Waals surface area contributed by atoms with E-state index in [4.69, 9.17) is 0 Å². The van der Waals surface area contributed by atoms with Crippen LogP contribution in [0, 0.1) is 6.92 Å². The number of anilines is 4. The highest BCUT2D eigenvalue weighted by Gasteiger charge is 2.16. The lowest BCUT2D eigenvalue weighted by molar-refractivity contribution is 0.312. The second-order valence-corrected chi connectivity index (χ2v) is 8.55. The van der Waals surface area contributed by atoms with Crippen molar-refractivity contribution < 1.29 is 0 Å². The molecule has 1 fully saturated rings. The molecule has 2 aromatic carbocycles. The Morgan fingerprint density at radius 2 is 1.65 bits per heavy atom. The van der Waals surface area contributed by atoms with E-state index in [1.165, 1.54) is 17.4 Å². The fourth-order valence-electron chi connectivity index (χ4n) is 4.26. The van der Waals surface area contributed by atoms with Crippen molar-refractivity contribution in [1.29, 1.82) is 0 Å². The molecule has 2 aromatic heterocycles. The number of benzene rings is 2. The Bertz CT molecular complexity index is 1370. The van der Waals surface area contributed by atoms with E-state index in [1.807, 2.05) is 37.4 Å². The SMILES string of the molecule is CNc1ccc(-n2c(=O)cnc3cnc(Nc4ccc(N5CCN(C)CC5)c(C)c4)nc32)cc1. The van der Waals surface area contributed by atoms with Crippen molar-refractivity contribution in [1.82, 2.24) is 24.4 Å². The molecule has 0 spiro atoms. The highest BCUT2D eigenvalue weighted by molar-refractivity contribution is 5.74. The number of hydrogen-bond donors (Lipinski definition) is 2. The monoisotopic (exact) mass is 456 g/mol. The number of nitrogens with one attached hydrogen (secondary N) is 2. The molecule has 5 rings (SSSR count). The molecule has 0 radical (unpaired) electrons. The van der Waals surface area contributed by atoms with Gasteiger partial charge >= 0.3 is 0 Å². The molecule has 2 N–H and O–H groups in total. The van der Waals surface area contributed by atoms with Crippen LogP contribution in [-0.2, 0) is 0 Å². The normalized spacial score (nSPS) is 14.4. The maximum Gasteiger partial charge on any atom is 0.275 e. The van der Waals surface area contributed by atoms with E-state index in [0.717, 1.165) is 37.6 Å². The number of hydrogen-bond acceptors (Lipinski definition) is 8. The van der Waals surface area contributed by atoms with E-state index in [1.54, 1.807) is 10.8 Å². The molecular weight excluding hydrogens is 428 g/mol. The van der Waals surface area contributed by atoms with Crippen LogP contribution in [0.5, 0.6) is 0 Å². The summed E-state index contributed by atoms with van der Waals surface area (Å²) < 4.78 is 1.55. The summed E-state index contributed by atoms with van der Waals surface area (Å²) in [5, 5.41) is 6.37. The molecule has 0 saturated carbocycles. The van der Waals surface area contributed by atoms with Gasteiger partial charge in [-0.3, -0.25) is 9.36 Å². The number of aryl methyl sites for hydroxylation is 1. The van der Waals surface area contributed by atoms with Gasteiger partial charge in [0.05, 0.1) is 18.1 Å². The van der Waals surface area contributed by atoms with Crippen LogP contribution in [-0.4, -0.2) is 64.7 Å². The molecule has 9 heteroatoms. The third-order valence-electron chi connectivity index (χ3n) is 6.21. The van der Waals surface area contributed by atoms with Gasteiger partial charge in [-0.05, 0) is 62.0 Å². The summed E-state index contributed by atoms with van der Waals surface area (Å²) in [7, 11) is 4.01. The zero-order chi connectivity index (χ0) is 23.7. The first-order chi connectivity index (χ1) is 16.5. The van der Waals surface area contributed by atoms with Crippen LogP contribution in [0.3, 0.4) is 0 Å². The van der Waals surface area contributed by atoms with Gasteiger partial charge in [0.25, 0.3) is 5.56 Å². The third-order valence-corrected chi connectivity index (χ3v) is 6.21. The van der Waals surface area contributed by atoms with E-state index in [2.05, 4.69) is 61.5 Å². The molecule has 9 nitrogen and oxygen atoms in total. The van der Waals surface area contributed by atoms with Crippen molar-refractivity contribution in [3.8, 4) is 5.69 Å². The second kappa shape index (κ2) is 9.11. The first-order valence-electron chi connectivity index (χ1n) is 11.4. The Kier molecular flexibility index (Phi) is 5.85. The highest BCUT2D eigenvalue weighted by Crippen LogP contribution is 2.26. The van der Waals surface area contributed by atoms with Gasteiger partial charge in [0.2, 0.25) is 5.95 Å². The molecule has 0 amide bonds. The van der Waals surface area contributed by atoms with Gasteiger partial charge in [-0.15, -0.1) is 0 Å². The summed E-state index contributed by atoms with van der Waals surface area (Å²) in [5.74, 6) is 0.409. The number of fused-ring (bicyclic) bond motifs is 1. The Morgan fingerprint density at radius 1 is 0.912 bits per heavy atom. The summed E-state index contributed by atoms with van der Waals surface area (Å²) in [6.45, 7) is 6.31. The molecule has 4 aromatic rings. The molecule has 34 heavy (non-hydrogen) atoms. The molecule has 0 atom stereocenters. The van der Waals surface area contributed by atoms with Crippen molar-refractivity contribution >= 4 is 34.2 Å². The fraction of sp³-hybridized carbons (Fsp3) is 0.280. The first-order valence-corrected chi connectivity index (χ1v) is 11.4. The van der Waals surface area contributed by atoms with Gasteiger partial charge in [0.1, 0.15) is 5.52 Å². The quantitative estimate of drug-likeness (QED) is 0.474. The van der Waals surface area contributed by atoms with Crippen LogP contribution >= 0.6 is 0 Å². The van der Waals surface area contributed by atoms with E-state index in [9.17, 15) is 4.79 Å². The van der Waals surface area contributed by atoms with Gasteiger partial charge in [0.15, 0.2) is 5.65 Å². The van der Waals surface area contributed by atoms with E-state index in [-0.39, 0.29) is 5.56 Å². The number of piperazine rings is 1. The summed E-state index contributed by atoms with van der Waals surface area (Å²) in [6.07, 6.45) is 2.93. The van der Waals surface area contributed by atoms with E-state index in [0.29, 0.717) is 22.8 Å². The first kappa shape index (κ1) is 21.8. The zero-order valence-electron chi connectivity index (χ0n) is 19.6. The molecule has 0 bridgehead atoms. The summed E-state index contributed by atoms with van der Waals surface area (Å²) >= 11 is 0. The molecule has 1 aliphatic rings. The number of rotatable bonds is 5. The maximum atomic E-state index is 12.7. The third kappa shape index (κ3) is 4.29. The smallest absolute Gasteiger partial charge is 0.275 e. The summed E-state index contributed by atoms with van der Waals surface area (Å²) in [6, 6.07) is 13.9. The largest absolute Gasteiger partial charge is 0.388 e. The molecule has 1 aliphatic heterocycles. The molecule has 174 valence electrons.